The van der Waals surface area contributed by atoms with Crippen LogP contribution in [-0.2, 0) is 0 Å². The second-order valence-corrected chi connectivity index (χ2v) is 4.64. The van der Waals surface area contributed by atoms with Crippen molar-refractivity contribution in [3.63, 3.8) is 0 Å². The van der Waals surface area contributed by atoms with Crippen LogP contribution in [-0.4, -0.2) is 20.2 Å². The first kappa shape index (κ1) is 13.2. The molecule has 0 radical (unpaired) electrons. The van der Waals surface area contributed by atoms with Crippen molar-refractivity contribution < 1.29 is 8.78 Å². The molecule has 3 rings (SSSR count). The smallest absolute Gasteiger partial charge is 0.187 e. The van der Waals surface area contributed by atoms with Crippen LogP contribution in [0.1, 0.15) is 5.56 Å². The maximum atomic E-state index is 13.9. The van der Waals surface area contributed by atoms with Crippen LogP contribution in [0.4, 0.5) is 14.5 Å². The normalized spacial score (nSPS) is 10.8. The van der Waals surface area contributed by atoms with Gasteiger partial charge in [-0.1, -0.05) is 0 Å². The number of benzene rings is 2. The van der Waals surface area contributed by atoms with Gasteiger partial charge in [0.1, 0.15) is 11.5 Å². The fraction of sp³-hybridized carbons (Fsp3) is 0.0714. The van der Waals surface area contributed by atoms with E-state index in [1.165, 1.54) is 10.7 Å². The lowest BCUT2D eigenvalue weighted by atomic mass is 10.1. The Morgan fingerprint density at radius 1 is 1.10 bits per heavy atom. The van der Waals surface area contributed by atoms with E-state index in [2.05, 4.69) is 15.5 Å². The predicted molar refractivity (Wildman–Crippen MR) is 73.7 cm³/mol. The first-order chi connectivity index (χ1) is 10.0. The Morgan fingerprint density at radius 2 is 1.90 bits per heavy atom. The van der Waals surface area contributed by atoms with Gasteiger partial charge in [-0.15, -0.1) is 5.10 Å². The Morgan fingerprint density at radius 3 is 2.62 bits per heavy atom. The molecule has 0 aliphatic carbocycles. The van der Waals surface area contributed by atoms with Crippen LogP contribution in [0.3, 0.4) is 0 Å². The summed E-state index contributed by atoms with van der Waals surface area (Å²) in [6.45, 7) is 1.88. The molecule has 3 aromatic rings. The highest BCUT2D eigenvalue weighted by atomic mass is 19.1. The van der Waals surface area contributed by atoms with E-state index >= 15 is 0 Å². The van der Waals surface area contributed by atoms with Crippen LogP contribution < -0.4 is 5.73 Å². The van der Waals surface area contributed by atoms with Crippen molar-refractivity contribution in [1.82, 2.24) is 20.2 Å². The molecule has 0 unspecified atom stereocenters. The van der Waals surface area contributed by atoms with Gasteiger partial charge in [0.15, 0.2) is 11.6 Å². The second-order valence-electron chi connectivity index (χ2n) is 4.64. The van der Waals surface area contributed by atoms with E-state index in [1.54, 1.807) is 12.1 Å². The monoisotopic (exact) mass is 287 g/mol. The van der Waals surface area contributed by atoms with Gasteiger partial charge in [-0.05, 0) is 53.2 Å². The molecule has 0 aliphatic heterocycles. The lowest BCUT2D eigenvalue weighted by Gasteiger charge is -2.07. The number of nitrogens with two attached hydrogens (primary N) is 1. The minimum atomic E-state index is -0.746. The molecule has 0 saturated carbocycles. The summed E-state index contributed by atoms with van der Waals surface area (Å²) in [7, 11) is 0. The molecule has 2 aromatic carbocycles. The van der Waals surface area contributed by atoms with Crippen LogP contribution >= 0.6 is 0 Å². The molecular formula is C14H11F2N5. The molecule has 106 valence electrons. The average Bonchev–Trinajstić information content (AvgIpc) is 2.86. The second kappa shape index (κ2) is 4.93. The maximum absolute atomic E-state index is 13.9. The zero-order valence-electron chi connectivity index (χ0n) is 11.1. The molecule has 0 spiro atoms. The summed E-state index contributed by atoms with van der Waals surface area (Å²) in [6.07, 6.45) is 0. The lowest BCUT2D eigenvalue weighted by molar-refractivity contribution is 0.572. The van der Waals surface area contributed by atoms with Crippen molar-refractivity contribution >= 4 is 5.69 Å². The van der Waals surface area contributed by atoms with Crippen LogP contribution in [0, 0.1) is 18.6 Å². The maximum Gasteiger partial charge on any atom is 0.187 e. The van der Waals surface area contributed by atoms with Gasteiger partial charge in [-0.3, -0.25) is 0 Å². The summed E-state index contributed by atoms with van der Waals surface area (Å²) in [5, 5.41) is 11.2. The van der Waals surface area contributed by atoms with E-state index in [0.717, 1.165) is 17.7 Å². The molecule has 0 saturated heterocycles. The molecule has 1 aromatic heterocycles. The summed E-state index contributed by atoms with van der Waals surface area (Å²) < 4.78 is 28.1. The standard InChI is InChI=1S/C14H11F2N5/c1-8-4-9(6-11(17)5-8)14-18-19-20-21(14)13-3-2-10(15)7-12(13)16/h2-7H,17H2,1H3. The molecule has 0 amide bonds. The number of nitrogens with zero attached hydrogens (tertiary/aromatic N) is 4. The molecule has 0 bridgehead atoms. The molecule has 1 heterocycles. The number of halogens is 2. The third-order valence-corrected chi connectivity index (χ3v) is 2.97. The van der Waals surface area contributed by atoms with Crippen LogP contribution in [0.25, 0.3) is 17.1 Å². The van der Waals surface area contributed by atoms with E-state index in [0.29, 0.717) is 17.1 Å². The van der Waals surface area contributed by atoms with Crippen molar-refractivity contribution in [3.8, 4) is 17.1 Å². The molecule has 21 heavy (non-hydrogen) atoms. The summed E-state index contributed by atoms with van der Waals surface area (Å²) >= 11 is 0. The first-order valence-corrected chi connectivity index (χ1v) is 6.16. The van der Waals surface area contributed by atoms with Crippen molar-refractivity contribution in [2.45, 2.75) is 6.92 Å². The van der Waals surface area contributed by atoms with Crippen LogP contribution in [0.2, 0.25) is 0 Å². The topological polar surface area (TPSA) is 69.6 Å². The first-order valence-electron chi connectivity index (χ1n) is 6.16. The number of aryl methyl sites for hydroxylation is 1. The zero-order valence-corrected chi connectivity index (χ0v) is 11.1. The van der Waals surface area contributed by atoms with E-state index in [9.17, 15) is 8.78 Å². The summed E-state index contributed by atoms with van der Waals surface area (Å²) in [5.74, 6) is -1.08. The molecule has 0 aliphatic rings. The largest absolute Gasteiger partial charge is 0.399 e. The Kier molecular flexibility index (Phi) is 3.09. The minimum Gasteiger partial charge on any atom is -0.399 e. The number of aromatic nitrogens is 4. The van der Waals surface area contributed by atoms with E-state index < -0.39 is 11.6 Å². The third kappa shape index (κ3) is 2.45. The van der Waals surface area contributed by atoms with Crippen molar-refractivity contribution in [2.24, 2.45) is 0 Å². The van der Waals surface area contributed by atoms with Gasteiger partial charge in [0.05, 0.1) is 0 Å². The Hall–Kier alpha value is -2.83. The van der Waals surface area contributed by atoms with Gasteiger partial charge < -0.3 is 5.73 Å². The summed E-state index contributed by atoms with van der Waals surface area (Å²) in [4.78, 5) is 0. The fourth-order valence-corrected chi connectivity index (χ4v) is 2.12. The molecule has 7 heteroatoms. The quantitative estimate of drug-likeness (QED) is 0.735. The van der Waals surface area contributed by atoms with Gasteiger partial charge >= 0.3 is 0 Å². The fourth-order valence-electron chi connectivity index (χ4n) is 2.12. The Labute approximate surface area is 119 Å². The van der Waals surface area contributed by atoms with E-state index in [4.69, 9.17) is 5.73 Å². The molecular weight excluding hydrogens is 276 g/mol. The lowest BCUT2D eigenvalue weighted by Crippen LogP contribution is -2.03. The van der Waals surface area contributed by atoms with Gasteiger partial charge in [0, 0.05) is 17.3 Å². The van der Waals surface area contributed by atoms with Crippen molar-refractivity contribution in [3.05, 3.63) is 53.6 Å². The Balaban J connectivity index is 2.17. The molecule has 5 nitrogen and oxygen atoms in total. The SMILES string of the molecule is Cc1cc(N)cc(-c2nnnn2-c2ccc(F)cc2F)c1. The highest BCUT2D eigenvalue weighted by Crippen LogP contribution is 2.24. The molecule has 0 fully saturated rings. The number of anilines is 1. The minimum absolute atomic E-state index is 0.0662. The predicted octanol–water partition coefficient (Wildman–Crippen LogP) is 2.50. The number of hydrogen-bond acceptors (Lipinski definition) is 4. The highest BCUT2D eigenvalue weighted by Gasteiger charge is 2.15. The van der Waals surface area contributed by atoms with Crippen LogP contribution in [0.15, 0.2) is 36.4 Å². The van der Waals surface area contributed by atoms with Gasteiger partial charge in [0.25, 0.3) is 0 Å². The Bertz CT molecular complexity index is 793. The summed E-state index contributed by atoms with van der Waals surface area (Å²) in [5.41, 5.74) is 8.01. The number of nitrogen functional groups attached to an aromatic ring is 1. The summed E-state index contributed by atoms with van der Waals surface area (Å²) in [6, 6.07) is 8.54. The number of hydrogen-bond donors (Lipinski definition) is 1. The molecule has 2 N–H and O–H groups in total. The zero-order chi connectivity index (χ0) is 15.0. The van der Waals surface area contributed by atoms with Gasteiger partial charge in [0.2, 0.25) is 0 Å². The number of rotatable bonds is 2. The highest BCUT2D eigenvalue weighted by molar-refractivity contribution is 5.64. The average molecular weight is 287 g/mol. The van der Waals surface area contributed by atoms with Crippen LogP contribution in [0.5, 0.6) is 0 Å². The van der Waals surface area contributed by atoms with Crippen molar-refractivity contribution in [2.75, 3.05) is 5.73 Å². The third-order valence-electron chi connectivity index (χ3n) is 2.97. The van der Waals surface area contributed by atoms with Crippen molar-refractivity contribution in [1.29, 1.82) is 0 Å². The molecule has 0 atom stereocenters. The number of tetrazole rings is 1. The van der Waals surface area contributed by atoms with E-state index in [-0.39, 0.29) is 5.69 Å². The van der Waals surface area contributed by atoms with Gasteiger partial charge in [-0.25, -0.2) is 8.78 Å². The van der Waals surface area contributed by atoms with E-state index in [1.807, 2.05) is 13.0 Å². The van der Waals surface area contributed by atoms with Gasteiger partial charge in [-0.2, -0.15) is 4.68 Å².